The summed E-state index contributed by atoms with van der Waals surface area (Å²) < 4.78 is 0. The van der Waals surface area contributed by atoms with Crippen molar-refractivity contribution in [2.24, 2.45) is 17.8 Å². The molecule has 0 spiro atoms. The predicted octanol–water partition coefficient (Wildman–Crippen LogP) is 2.60. The minimum Gasteiger partial charge on any atom is -0.317 e. The minimum absolute atomic E-state index is 0.657. The molecule has 1 N–H and O–H groups in total. The van der Waals surface area contributed by atoms with E-state index in [1.165, 1.54) is 19.4 Å². The number of hydrogen-bond donors (Lipinski definition) is 1. The van der Waals surface area contributed by atoms with Crippen molar-refractivity contribution in [2.45, 2.75) is 52.6 Å². The van der Waals surface area contributed by atoms with Crippen LogP contribution >= 0.6 is 0 Å². The van der Waals surface area contributed by atoms with Crippen molar-refractivity contribution in [3.8, 4) is 0 Å². The lowest BCUT2D eigenvalue weighted by Crippen LogP contribution is -2.48. The van der Waals surface area contributed by atoms with Gasteiger partial charge < -0.3 is 10.2 Å². The SMILES string of the molecule is CNC1CC(C)CC(C)C1CN(C)C(C)C. The molecule has 0 aromatic carbocycles. The van der Waals surface area contributed by atoms with Crippen molar-refractivity contribution >= 4 is 0 Å². The minimum atomic E-state index is 0.657. The van der Waals surface area contributed by atoms with E-state index in [9.17, 15) is 0 Å². The van der Waals surface area contributed by atoms with Crippen LogP contribution in [-0.2, 0) is 0 Å². The maximum absolute atomic E-state index is 3.53. The lowest BCUT2D eigenvalue weighted by molar-refractivity contribution is 0.104. The van der Waals surface area contributed by atoms with Gasteiger partial charge in [0, 0.05) is 18.6 Å². The van der Waals surface area contributed by atoms with Gasteiger partial charge in [-0.1, -0.05) is 13.8 Å². The highest BCUT2D eigenvalue weighted by Gasteiger charge is 2.33. The molecule has 2 heteroatoms. The first-order valence-corrected chi connectivity index (χ1v) is 6.83. The molecule has 1 aliphatic rings. The Balaban J connectivity index is 2.60. The molecule has 4 atom stereocenters. The summed E-state index contributed by atoms with van der Waals surface area (Å²) in [6.07, 6.45) is 2.74. The van der Waals surface area contributed by atoms with Gasteiger partial charge in [-0.15, -0.1) is 0 Å². The summed E-state index contributed by atoms with van der Waals surface area (Å²) in [5.41, 5.74) is 0. The first-order chi connectivity index (χ1) is 7.45. The molecule has 0 aromatic heterocycles. The highest BCUT2D eigenvalue weighted by Crippen LogP contribution is 2.34. The fourth-order valence-electron chi connectivity index (χ4n) is 3.09. The second kappa shape index (κ2) is 6.02. The Labute approximate surface area is 102 Å². The molecule has 0 amide bonds. The molecule has 1 saturated carbocycles. The molecule has 0 aliphatic heterocycles. The molecule has 0 saturated heterocycles. The molecule has 1 aliphatic carbocycles. The first-order valence-electron chi connectivity index (χ1n) is 6.83. The normalized spacial score (nSPS) is 36.0. The quantitative estimate of drug-likeness (QED) is 0.792. The monoisotopic (exact) mass is 226 g/mol. The van der Waals surface area contributed by atoms with Crippen LogP contribution in [0.3, 0.4) is 0 Å². The van der Waals surface area contributed by atoms with E-state index in [0.717, 1.165) is 17.8 Å². The number of nitrogens with zero attached hydrogens (tertiary/aromatic N) is 1. The van der Waals surface area contributed by atoms with E-state index in [1.807, 2.05) is 0 Å². The van der Waals surface area contributed by atoms with E-state index >= 15 is 0 Å². The fraction of sp³-hybridized carbons (Fsp3) is 1.00. The van der Waals surface area contributed by atoms with Crippen LogP contribution < -0.4 is 5.32 Å². The predicted molar refractivity (Wildman–Crippen MR) is 71.7 cm³/mol. The molecule has 0 aromatic rings. The molecular formula is C14H30N2. The van der Waals surface area contributed by atoms with Crippen molar-refractivity contribution in [1.29, 1.82) is 0 Å². The maximum atomic E-state index is 3.53. The Kier molecular flexibility index (Phi) is 5.26. The van der Waals surface area contributed by atoms with E-state index in [0.29, 0.717) is 12.1 Å². The molecule has 0 bridgehead atoms. The van der Waals surface area contributed by atoms with E-state index in [1.54, 1.807) is 0 Å². The van der Waals surface area contributed by atoms with Crippen molar-refractivity contribution in [1.82, 2.24) is 10.2 Å². The molecule has 2 nitrogen and oxygen atoms in total. The largest absolute Gasteiger partial charge is 0.317 e. The van der Waals surface area contributed by atoms with Gasteiger partial charge in [-0.05, 0) is 58.5 Å². The van der Waals surface area contributed by atoms with Crippen molar-refractivity contribution in [3.63, 3.8) is 0 Å². The summed E-state index contributed by atoms with van der Waals surface area (Å²) in [6, 6.07) is 1.36. The van der Waals surface area contributed by atoms with Crippen molar-refractivity contribution in [2.75, 3.05) is 20.6 Å². The summed E-state index contributed by atoms with van der Waals surface area (Å²) in [5, 5.41) is 3.53. The molecular weight excluding hydrogens is 196 g/mol. The topological polar surface area (TPSA) is 15.3 Å². The van der Waals surface area contributed by atoms with Gasteiger partial charge >= 0.3 is 0 Å². The standard InChI is InChI=1S/C14H30N2/c1-10(2)16(6)9-13-12(4)7-11(3)8-14(13)15-5/h10-15H,7-9H2,1-6H3. The Morgan fingerprint density at radius 1 is 1.25 bits per heavy atom. The van der Waals surface area contributed by atoms with E-state index < -0.39 is 0 Å². The van der Waals surface area contributed by atoms with Gasteiger partial charge in [-0.25, -0.2) is 0 Å². The third kappa shape index (κ3) is 3.46. The molecule has 1 fully saturated rings. The summed E-state index contributed by atoms with van der Waals surface area (Å²) in [5.74, 6) is 2.55. The molecule has 4 unspecified atom stereocenters. The number of rotatable bonds is 4. The Hall–Kier alpha value is -0.0800. The number of hydrogen-bond acceptors (Lipinski definition) is 2. The lowest BCUT2D eigenvalue weighted by atomic mass is 9.72. The van der Waals surface area contributed by atoms with Crippen LogP contribution in [-0.4, -0.2) is 37.6 Å². The second-order valence-electron chi connectivity index (χ2n) is 6.15. The summed E-state index contributed by atoms with van der Waals surface area (Å²) in [4.78, 5) is 2.49. The van der Waals surface area contributed by atoms with Crippen LogP contribution in [0, 0.1) is 17.8 Å². The number of nitrogens with one attached hydrogen (secondary N) is 1. The fourth-order valence-corrected chi connectivity index (χ4v) is 3.09. The van der Waals surface area contributed by atoms with Crippen molar-refractivity contribution in [3.05, 3.63) is 0 Å². The third-order valence-electron chi connectivity index (χ3n) is 4.43. The average molecular weight is 226 g/mol. The first kappa shape index (κ1) is 14.0. The van der Waals surface area contributed by atoms with Crippen LogP contribution in [0.25, 0.3) is 0 Å². The van der Waals surface area contributed by atoms with Crippen LogP contribution in [0.1, 0.15) is 40.5 Å². The van der Waals surface area contributed by atoms with E-state index in [-0.39, 0.29) is 0 Å². The zero-order valence-corrected chi connectivity index (χ0v) is 12.0. The molecule has 0 heterocycles. The summed E-state index contributed by atoms with van der Waals surface area (Å²) >= 11 is 0. The molecule has 16 heavy (non-hydrogen) atoms. The van der Waals surface area contributed by atoms with Gasteiger partial charge in [0.25, 0.3) is 0 Å². The van der Waals surface area contributed by atoms with Gasteiger partial charge in [0.2, 0.25) is 0 Å². The van der Waals surface area contributed by atoms with Gasteiger partial charge in [0.05, 0.1) is 0 Å². The van der Waals surface area contributed by atoms with Gasteiger partial charge in [0.15, 0.2) is 0 Å². The molecule has 0 radical (unpaired) electrons. The zero-order chi connectivity index (χ0) is 12.3. The van der Waals surface area contributed by atoms with Gasteiger partial charge in [-0.2, -0.15) is 0 Å². The van der Waals surface area contributed by atoms with Gasteiger partial charge in [-0.3, -0.25) is 0 Å². The van der Waals surface area contributed by atoms with Crippen LogP contribution in [0.4, 0.5) is 0 Å². The Morgan fingerprint density at radius 2 is 1.88 bits per heavy atom. The van der Waals surface area contributed by atoms with Crippen LogP contribution in [0.15, 0.2) is 0 Å². The molecule has 1 rings (SSSR count). The summed E-state index contributed by atoms with van der Waals surface area (Å²) in [7, 11) is 4.37. The highest BCUT2D eigenvalue weighted by molar-refractivity contribution is 4.88. The third-order valence-corrected chi connectivity index (χ3v) is 4.43. The van der Waals surface area contributed by atoms with Crippen LogP contribution in [0.2, 0.25) is 0 Å². The average Bonchev–Trinajstić information content (AvgIpc) is 2.21. The highest BCUT2D eigenvalue weighted by atomic mass is 15.1. The lowest BCUT2D eigenvalue weighted by Gasteiger charge is -2.42. The molecule has 96 valence electrons. The van der Waals surface area contributed by atoms with Gasteiger partial charge in [0.1, 0.15) is 0 Å². The summed E-state index contributed by atoms with van der Waals surface area (Å²) in [6.45, 7) is 10.6. The zero-order valence-electron chi connectivity index (χ0n) is 12.0. The second-order valence-corrected chi connectivity index (χ2v) is 6.15. The smallest absolute Gasteiger partial charge is 0.0110 e. The van der Waals surface area contributed by atoms with Crippen molar-refractivity contribution < 1.29 is 0 Å². The van der Waals surface area contributed by atoms with E-state index in [2.05, 4.69) is 52.0 Å². The van der Waals surface area contributed by atoms with E-state index in [4.69, 9.17) is 0 Å². The van der Waals surface area contributed by atoms with Crippen LogP contribution in [0.5, 0.6) is 0 Å². The Morgan fingerprint density at radius 3 is 2.38 bits per heavy atom. The Bertz CT molecular complexity index is 203. The maximum Gasteiger partial charge on any atom is 0.0110 e.